The number of fused-ring (bicyclic) bond motifs is 1. The van der Waals surface area contributed by atoms with Crippen LogP contribution >= 0.6 is 11.3 Å². The van der Waals surface area contributed by atoms with Crippen molar-refractivity contribution in [3.8, 4) is 5.69 Å². The number of thiophene rings is 1. The number of benzene rings is 1. The average molecular weight is 480 g/mol. The number of anilines is 2. The molecule has 1 saturated heterocycles. The van der Waals surface area contributed by atoms with Crippen LogP contribution in [0.4, 0.5) is 16.8 Å². The monoisotopic (exact) mass is 479 g/mol. The first-order chi connectivity index (χ1) is 16.4. The first kappa shape index (κ1) is 21.9. The molecule has 174 valence electrons. The molecule has 0 bridgehead atoms. The molecule has 1 fully saturated rings. The molecule has 0 aliphatic carbocycles. The van der Waals surface area contributed by atoms with E-state index in [1.54, 1.807) is 10.9 Å². The summed E-state index contributed by atoms with van der Waals surface area (Å²) in [6, 6.07) is 12.3. The number of para-hydroxylation sites is 1. The third-order valence-corrected chi connectivity index (χ3v) is 6.38. The van der Waals surface area contributed by atoms with Crippen molar-refractivity contribution in [3.63, 3.8) is 0 Å². The van der Waals surface area contributed by atoms with Crippen LogP contribution < -0.4 is 10.2 Å². The van der Waals surface area contributed by atoms with Crippen LogP contribution in [0.25, 0.3) is 16.7 Å². The lowest BCUT2D eigenvalue weighted by atomic mass is 10.2. The minimum absolute atomic E-state index is 0.00760. The van der Waals surface area contributed by atoms with Gasteiger partial charge in [-0.3, -0.25) is 14.9 Å². The van der Waals surface area contributed by atoms with Crippen LogP contribution in [0.5, 0.6) is 0 Å². The number of rotatable bonds is 5. The second-order valence-corrected chi connectivity index (χ2v) is 9.08. The first-order valence-electron chi connectivity index (χ1n) is 10.7. The van der Waals surface area contributed by atoms with Crippen molar-refractivity contribution >= 4 is 45.0 Å². The van der Waals surface area contributed by atoms with Crippen LogP contribution in [0, 0.1) is 10.1 Å². The minimum Gasteiger partial charge on any atom is -0.372 e. The molecule has 0 unspecified atom stereocenters. The molecule has 4 heterocycles. The van der Waals surface area contributed by atoms with Crippen molar-refractivity contribution in [2.75, 3.05) is 23.3 Å². The van der Waals surface area contributed by atoms with Crippen LogP contribution in [0.15, 0.2) is 48.7 Å². The van der Waals surface area contributed by atoms with Crippen LogP contribution in [0.3, 0.4) is 0 Å². The van der Waals surface area contributed by atoms with E-state index in [0.29, 0.717) is 30.1 Å². The predicted octanol–water partition coefficient (Wildman–Crippen LogP) is 3.65. The highest BCUT2D eigenvalue weighted by Crippen LogP contribution is 2.29. The SMILES string of the molecule is C[C@@H]1CN(c2nc(NC(=O)c3ccc([N+](=O)[O-])s3)c3cnn(-c4ccccc4)c3n2)C[C@H](C)O1. The van der Waals surface area contributed by atoms with E-state index < -0.39 is 10.8 Å². The Bertz CT molecular complexity index is 1360. The zero-order valence-corrected chi connectivity index (χ0v) is 19.2. The van der Waals surface area contributed by atoms with E-state index in [-0.39, 0.29) is 27.9 Å². The number of morpholine rings is 1. The van der Waals surface area contributed by atoms with E-state index >= 15 is 0 Å². The normalized spacial score (nSPS) is 18.2. The molecule has 0 spiro atoms. The van der Waals surface area contributed by atoms with E-state index in [9.17, 15) is 14.9 Å². The summed E-state index contributed by atoms with van der Waals surface area (Å²) in [5, 5.41) is 18.8. The summed E-state index contributed by atoms with van der Waals surface area (Å²) in [4.78, 5) is 35.1. The van der Waals surface area contributed by atoms with Crippen LogP contribution in [0.1, 0.15) is 23.5 Å². The molecule has 1 aliphatic heterocycles. The lowest BCUT2D eigenvalue weighted by Crippen LogP contribution is -2.46. The molecule has 0 radical (unpaired) electrons. The number of carbonyl (C=O) groups excluding carboxylic acids is 1. The van der Waals surface area contributed by atoms with Crippen LogP contribution in [-0.4, -0.2) is 55.9 Å². The van der Waals surface area contributed by atoms with Crippen LogP contribution in [0.2, 0.25) is 0 Å². The maximum atomic E-state index is 12.9. The predicted molar refractivity (Wildman–Crippen MR) is 128 cm³/mol. The van der Waals surface area contributed by atoms with E-state index in [4.69, 9.17) is 9.72 Å². The fraction of sp³-hybridized carbons (Fsp3) is 0.273. The Kier molecular flexibility index (Phi) is 5.67. The standard InChI is InChI=1S/C22H21N7O4S/c1-13-11-27(12-14(2)33-13)22-25-19(24-21(30)17-8-9-18(34-17)29(31)32)16-10-23-28(20(16)26-22)15-6-4-3-5-7-15/h3-10,13-14H,11-12H2,1-2H3,(H,24,25,26,30)/t13-,14+. The van der Waals surface area contributed by atoms with Crippen molar-refractivity contribution in [3.05, 3.63) is 63.7 Å². The summed E-state index contributed by atoms with van der Waals surface area (Å²) in [6.07, 6.45) is 1.59. The first-order valence-corrected chi connectivity index (χ1v) is 11.5. The Morgan fingerprint density at radius 1 is 1.15 bits per heavy atom. The third-order valence-electron chi connectivity index (χ3n) is 5.35. The Morgan fingerprint density at radius 3 is 2.56 bits per heavy atom. The molecule has 1 aromatic carbocycles. The van der Waals surface area contributed by atoms with Crippen molar-refractivity contribution in [2.24, 2.45) is 0 Å². The highest BCUT2D eigenvalue weighted by Gasteiger charge is 2.26. The van der Waals surface area contributed by atoms with E-state index in [2.05, 4.69) is 15.4 Å². The summed E-state index contributed by atoms with van der Waals surface area (Å²) in [5.74, 6) is 0.245. The number of ether oxygens (including phenoxy) is 1. The Hall–Kier alpha value is -3.90. The fourth-order valence-corrected chi connectivity index (χ4v) is 4.67. The van der Waals surface area contributed by atoms with Gasteiger partial charge in [0.05, 0.1) is 39.3 Å². The summed E-state index contributed by atoms with van der Waals surface area (Å²) in [6.45, 7) is 5.17. The zero-order valence-electron chi connectivity index (χ0n) is 18.4. The molecule has 3 aromatic heterocycles. The number of amides is 1. The Balaban J connectivity index is 1.58. The van der Waals surface area contributed by atoms with Gasteiger partial charge in [0.2, 0.25) is 5.95 Å². The minimum atomic E-state index is -0.521. The molecule has 5 rings (SSSR count). The number of nitro groups is 1. The quantitative estimate of drug-likeness (QED) is 0.339. The second kappa shape index (κ2) is 8.80. The third kappa shape index (κ3) is 4.20. The van der Waals surface area contributed by atoms with Gasteiger partial charge in [0.15, 0.2) is 5.65 Å². The van der Waals surface area contributed by atoms with Crippen molar-refractivity contribution in [1.29, 1.82) is 0 Å². The maximum Gasteiger partial charge on any atom is 0.324 e. The molecule has 34 heavy (non-hydrogen) atoms. The van der Waals surface area contributed by atoms with Crippen molar-refractivity contribution in [2.45, 2.75) is 26.1 Å². The number of hydrogen-bond acceptors (Lipinski definition) is 9. The molecule has 2 atom stereocenters. The Labute approximate surface area is 198 Å². The molecule has 1 amide bonds. The number of nitrogens with one attached hydrogen (secondary N) is 1. The number of hydrogen-bond donors (Lipinski definition) is 1. The van der Waals surface area contributed by atoms with E-state index in [1.807, 2.05) is 49.1 Å². The van der Waals surface area contributed by atoms with Gasteiger partial charge in [-0.1, -0.05) is 29.5 Å². The number of aromatic nitrogens is 4. The molecule has 1 N–H and O–H groups in total. The number of nitrogens with zero attached hydrogens (tertiary/aromatic N) is 6. The summed E-state index contributed by atoms with van der Waals surface area (Å²) < 4.78 is 7.53. The van der Waals surface area contributed by atoms with E-state index in [1.165, 1.54) is 12.1 Å². The summed E-state index contributed by atoms with van der Waals surface area (Å²) in [7, 11) is 0. The van der Waals surface area contributed by atoms with Gasteiger partial charge in [-0.25, -0.2) is 4.68 Å². The van der Waals surface area contributed by atoms with Gasteiger partial charge < -0.3 is 15.0 Å². The smallest absolute Gasteiger partial charge is 0.324 e. The largest absolute Gasteiger partial charge is 0.372 e. The Morgan fingerprint density at radius 2 is 1.88 bits per heavy atom. The van der Waals surface area contributed by atoms with Gasteiger partial charge in [-0.05, 0) is 32.0 Å². The molecule has 11 nitrogen and oxygen atoms in total. The molecule has 4 aromatic rings. The van der Waals surface area contributed by atoms with E-state index in [0.717, 1.165) is 17.0 Å². The van der Waals surface area contributed by atoms with Gasteiger partial charge in [-0.2, -0.15) is 15.1 Å². The van der Waals surface area contributed by atoms with Gasteiger partial charge in [-0.15, -0.1) is 0 Å². The van der Waals surface area contributed by atoms with Gasteiger partial charge in [0.1, 0.15) is 5.82 Å². The summed E-state index contributed by atoms with van der Waals surface area (Å²) in [5.41, 5.74) is 1.35. The fourth-order valence-electron chi connectivity index (χ4n) is 3.95. The summed E-state index contributed by atoms with van der Waals surface area (Å²) >= 11 is 0.806. The highest BCUT2D eigenvalue weighted by molar-refractivity contribution is 7.17. The second-order valence-electron chi connectivity index (χ2n) is 8.01. The lowest BCUT2D eigenvalue weighted by Gasteiger charge is -2.35. The van der Waals surface area contributed by atoms with Gasteiger partial charge in [0, 0.05) is 19.2 Å². The van der Waals surface area contributed by atoms with Crippen molar-refractivity contribution < 1.29 is 14.5 Å². The van der Waals surface area contributed by atoms with Crippen LogP contribution in [-0.2, 0) is 4.74 Å². The molecular weight excluding hydrogens is 458 g/mol. The highest BCUT2D eigenvalue weighted by atomic mass is 32.1. The van der Waals surface area contributed by atoms with Gasteiger partial charge >= 0.3 is 5.00 Å². The van der Waals surface area contributed by atoms with Gasteiger partial charge in [0.25, 0.3) is 5.91 Å². The maximum absolute atomic E-state index is 12.9. The zero-order chi connectivity index (χ0) is 23.8. The molecule has 1 aliphatic rings. The average Bonchev–Trinajstić information content (AvgIpc) is 3.47. The molecule has 0 saturated carbocycles. The lowest BCUT2D eigenvalue weighted by molar-refractivity contribution is -0.380. The van der Waals surface area contributed by atoms with Crippen molar-refractivity contribution in [1.82, 2.24) is 19.7 Å². The molecule has 12 heteroatoms. The number of carbonyl (C=O) groups is 1. The molecular formula is C22H21N7O4S. The topological polar surface area (TPSA) is 128 Å².